The third-order valence-electron chi connectivity index (χ3n) is 5.04. The molecule has 0 bridgehead atoms. The number of hydrogen-bond acceptors (Lipinski definition) is 4. The first kappa shape index (κ1) is 20.4. The van der Waals surface area contributed by atoms with E-state index >= 15 is 0 Å². The molecule has 0 spiro atoms. The largest absolute Gasteiger partial charge is 0.361 e. The Kier molecular flexibility index (Phi) is 6.36. The van der Waals surface area contributed by atoms with E-state index in [1.165, 1.54) is 6.92 Å². The van der Waals surface area contributed by atoms with Crippen LogP contribution in [-0.4, -0.2) is 48.4 Å². The second-order valence-corrected chi connectivity index (χ2v) is 7.70. The zero-order valence-electron chi connectivity index (χ0n) is 16.7. The third kappa shape index (κ3) is 5.11. The summed E-state index contributed by atoms with van der Waals surface area (Å²) < 4.78 is 11.3. The van der Waals surface area contributed by atoms with Gasteiger partial charge in [-0.3, -0.25) is 9.59 Å². The van der Waals surface area contributed by atoms with Gasteiger partial charge in [-0.1, -0.05) is 25.1 Å². The van der Waals surface area contributed by atoms with Gasteiger partial charge in [0.25, 0.3) is 0 Å². The lowest BCUT2D eigenvalue weighted by Crippen LogP contribution is -2.48. The van der Waals surface area contributed by atoms with Gasteiger partial charge in [0.15, 0.2) is 5.79 Å². The maximum absolute atomic E-state index is 12.8. The first-order valence-corrected chi connectivity index (χ1v) is 9.74. The van der Waals surface area contributed by atoms with Gasteiger partial charge in [-0.15, -0.1) is 0 Å². The van der Waals surface area contributed by atoms with Gasteiger partial charge < -0.3 is 25.1 Å². The fourth-order valence-electron chi connectivity index (χ4n) is 3.75. The van der Waals surface area contributed by atoms with Gasteiger partial charge in [0.05, 0.1) is 13.2 Å². The number of carbonyl (C=O) groups is 2. The van der Waals surface area contributed by atoms with E-state index in [4.69, 9.17) is 9.47 Å². The minimum atomic E-state index is -0.626. The summed E-state index contributed by atoms with van der Waals surface area (Å²) in [5.41, 5.74) is 2.01. The van der Waals surface area contributed by atoms with Crippen molar-refractivity contribution in [3.63, 3.8) is 0 Å². The molecule has 1 aromatic carbocycles. The number of aromatic amines is 1. The summed E-state index contributed by atoms with van der Waals surface area (Å²) in [7, 11) is 0. The molecule has 2 heterocycles. The number of H-pyrrole nitrogens is 1. The number of rotatable bonds is 8. The Morgan fingerprint density at radius 2 is 1.96 bits per heavy atom. The molecule has 1 saturated heterocycles. The Bertz CT molecular complexity index is 826. The highest BCUT2D eigenvalue weighted by Gasteiger charge is 2.33. The van der Waals surface area contributed by atoms with E-state index in [2.05, 4.69) is 15.6 Å². The molecule has 2 atom stereocenters. The molecular weight excluding hydrogens is 358 g/mol. The second-order valence-electron chi connectivity index (χ2n) is 7.70. The minimum Gasteiger partial charge on any atom is -0.361 e. The van der Waals surface area contributed by atoms with Crippen LogP contribution in [-0.2, 0) is 25.5 Å². The smallest absolute Gasteiger partial charge is 0.242 e. The number of fused-ring (bicyclic) bond motifs is 1. The van der Waals surface area contributed by atoms with Crippen LogP contribution in [0.3, 0.4) is 0 Å². The van der Waals surface area contributed by atoms with Gasteiger partial charge in [-0.25, -0.2) is 0 Å². The Morgan fingerprint density at radius 3 is 2.68 bits per heavy atom. The van der Waals surface area contributed by atoms with E-state index in [0.717, 1.165) is 16.5 Å². The van der Waals surface area contributed by atoms with Gasteiger partial charge in [-0.05, 0) is 24.5 Å². The number of nitrogens with one attached hydrogen (secondary N) is 3. The van der Waals surface area contributed by atoms with Crippen LogP contribution in [0.25, 0.3) is 10.9 Å². The number of benzene rings is 1. The molecule has 0 radical (unpaired) electrons. The number of para-hydroxylation sites is 1. The van der Waals surface area contributed by atoms with Crippen LogP contribution in [0.2, 0.25) is 0 Å². The monoisotopic (exact) mass is 387 g/mol. The highest BCUT2D eigenvalue weighted by molar-refractivity contribution is 5.89. The topological polar surface area (TPSA) is 92.5 Å². The average Bonchev–Trinajstić information content (AvgIpc) is 3.25. The lowest BCUT2D eigenvalue weighted by atomic mass is 10.0. The van der Waals surface area contributed by atoms with Gasteiger partial charge in [0.1, 0.15) is 6.04 Å². The van der Waals surface area contributed by atoms with Crippen molar-refractivity contribution >= 4 is 22.7 Å². The summed E-state index contributed by atoms with van der Waals surface area (Å²) in [5, 5.41) is 6.80. The molecule has 152 valence electrons. The van der Waals surface area contributed by atoms with Crippen molar-refractivity contribution < 1.29 is 19.1 Å². The number of ether oxygens (including phenoxy) is 2. The van der Waals surface area contributed by atoms with Crippen molar-refractivity contribution in [3.05, 3.63) is 36.0 Å². The number of aromatic nitrogens is 1. The molecule has 1 aliphatic heterocycles. The molecule has 7 nitrogen and oxygen atoms in total. The third-order valence-corrected chi connectivity index (χ3v) is 5.04. The number of amides is 2. The summed E-state index contributed by atoms with van der Waals surface area (Å²) in [5.74, 6) is -0.817. The maximum atomic E-state index is 12.8. The van der Waals surface area contributed by atoms with E-state index < -0.39 is 11.8 Å². The average molecular weight is 387 g/mol. The van der Waals surface area contributed by atoms with Gasteiger partial charge in [-0.2, -0.15) is 0 Å². The van der Waals surface area contributed by atoms with Crippen molar-refractivity contribution in [3.8, 4) is 0 Å². The van der Waals surface area contributed by atoms with Crippen LogP contribution in [0.4, 0.5) is 0 Å². The molecule has 0 aliphatic carbocycles. The normalized spacial score (nSPS) is 18.0. The molecule has 2 unspecified atom stereocenters. The highest BCUT2D eigenvalue weighted by atomic mass is 16.7. The predicted molar refractivity (Wildman–Crippen MR) is 107 cm³/mol. The predicted octanol–water partition coefficient (Wildman–Crippen LogP) is 2.12. The molecule has 2 aromatic rings. The van der Waals surface area contributed by atoms with Crippen LogP contribution in [0.15, 0.2) is 30.5 Å². The number of hydrogen-bond donors (Lipinski definition) is 3. The van der Waals surface area contributed by atoms with Crippen LogP contribution >= 0.6 is 0 Å². The van der Waals surface area contributed by atoms with E-state index in [1.807, 2.05) is 44.3 Å². The van der Waals surface area contributed by atoms with Crippen molar-refractivity contribution in [2.45, 2.75) is 45.4 Å². The molecule has 2 amide bonds. The van der Waals surface area contributed by atoms with Gasteiger partial charge in [0, 0.05) is 43.4 Å². The van der Waals surface area contributed by atoms with Crippen molar-refractivity contribution in [1.29, 1.82) is 0 Å². The highest BCUT2D eigenvalue weighted by Crippen LogP contribution is 2.26. The van der Waals surface area contributed by atoms with Crippen LogP contribution in [0.5, 0.6) is 0 Å². The summed E-state index contributed by atoms with van der Waals surface area (Å²) >= 11 is 0. The molecular formula is C21H29N3O4. The summed E-state index contributed by atoms with van der Waals surface area (Å²) in [6.45, 7) is 7.09. The summed E-state index contributed by atoms with van der Waals surface area (Å²) in [4.78, 5) is 27.6. The van der Waals surface area contributed by atoms with Gasteiger partial charge >= 0.3 is 0 Å². The van der Waals surface area contributed by atoms with Crippen LogP contribution < -0.4 is 10.6 Å². The Labute approximate surface area is 165 Å². The van der Waals surface area contributed by atoms with E-state index in [-0.39, 0.29) is 17.7 Å². The van der Waals surface area contributed by atoms with Crippen molar-refractivity contribution in [2.75, 3.05) is 19.8 Å². The Balaban J connectivity index is 1.60. The first-order chi connectivity index (χ1) is 13.4. The summed E-state index contributed by atoms with van der Waals surface area (Å²) in [6, 6.07) is 7.29. The molecule has 7 heteroatoms. The molecule has 1 fully saturated rings. The zero-order valence-corrected chi connectivity index (χ0v) is 16.7. The van der Waals surface area contributed by atoms with Crippen LogP contribution in [0.1, 0.15) is 32.8 Å². The first-order valence-electron chi connectivity index (χ1n) is 9.74. The fourth-order valence-corrected chi connectivity index (χ4v) is 3.75. The minimum absolute atomic E-state index is 0.179. The summed E-state index contributed by atoms with van der Waals surface area (Å²) in [6.07, 6.45) is 3.01. The molecule has 28 heavy (non-hydrogen) atoms. The lowest BCUT2D eigenvalue weighted by molar-refractivity contribution is -0.154. The van der Waals surface area contributed by atoms with E-state index in [0.29, 0.717) is 32.6 Å². The second kappa shape index (κ2) is 8.75. The van der Waals surface area contributed by atoms with E-state index in [1.54, 1.807) is 0 Å². The molecule has 0 saturated carbocycles. The lowest BCUT2D eigenvalue weighted by Gasteiger charge is -2.26. The fraction of sp³-hybridized carbons (Fsp3) is 0.524. The molecule has 1 aromatic heterocycles. The molecule has 1 aliphatic rings. The zero-order chi connectivity index (χ0) is 20.1. The Morgan fingerprint density at radius 1 is 1.25 bits per heavy atom. The van der Waals surface area contributed by atoms with Crippen molar-refractivity contribution in [2.24, 2.45) is 5.92 Å². The standard InChI is InChI=1S/C21H29N3O4/c1-14(11-21(3)27-8-9-28-21)12-23-20(26)19(24-15(2)25)10-16-13-22-18-7-5-4-6-17(16)18/h4-7,13-14,19,22H,8-12H2,1-3H3,(H,23,26)(H,24,25). The van der Waals surface area contributed by atoms with E-state index in [9.17, 15) is 9.59 Å². The molecule has 3 N–H and O–H groups in total. The Hall–Kier alpha value is -2.38. The quantitative estimate of drug-likeness (QED) is 0.647. The van der Waals surface area contributed by atoms with Gasteiger partial charge in [0.2, 0.25) is 11.8 Å². The molecule has 3 rings (SSSR count). The number of carbonyl (C=O) groups excluding carboxylic acids is 2. The van der Waals surface area contributed by atoms with Crippen LogP contribution in [0, 0.1) is 5.92 Å². The SMILES string of the molecule is CC(=O)NC(Cc1c[nH]c2ccccc12)C(=O)NCC(C)CC1(C)OCCO1. The maximum Gasteiger partial charge on any atom is 0.242 e. The van der Waals surface area contributed by atoms with Crippen molar-refractivity contribution in [1.82, 2.24) is 15.6 Å².